The highest BCUT2D eigenvalue weighted by molar-refractivity contribution is 7.56. The number of ether oxygens (including phenoxy) is 1. The summed E-state index contributed by atoms with van der Waals surface area (Å²) in [5, 5.41) is 17.6. The molecule has 16 nitrogen and oxygen atoms in total. The molecule has 6 N–H and O–H groups in total. The third-order valence-electron chi connectivity index (χ3n) is 8.24. The van der Waals surface area contributed by atoms with Crippen molar-refractivity contribution in [1.82, 2.24) is 10.2 Å². The first-order chi connectivity index (χ1) is 25.0. The van der Waals surface area contributed by atoms with Crippen molar-refractivity contribution in [3.05, 3.63) is 71.3 Å². The minimum Gasteiger partial charge on any atom is -0.481 e. The van der Waals surface area contributed by atoms with Crippen LogP contribution in [0.1, 0.15) is 77.0 Å². The molecular formula is C37H50N3O13P. The lowest BCUT2D eigenvalue weighted by Crippen LogP contribution is -2.81. The average molecular weight is 776 g/mol. The number of benzene rings is 2. The standard InChI is InChI=1S/C37H50N3O13P/c1-24(2)19-26-15-17-27(18-16-26)22-52-34(49)40(6)37(33(48)28(38)21-31(45)46,29(42)20-25-11-8-7-9-12-25)36(23-41,39-35(3,4)5)54(50,51)53-32(47)14-10-13-30(43)44/h7-9,11-12,15-18,23-24,28,39H,10,13-14,19-22,38H2,1-6H3,(H,43,44)(H,45,46)(H,50,51)/t28-,36-,37-/m0/s1. The van der Waals surface area contributed by atoms with Crippen molar-refractivity contribution in [2.45, 2.75) is 102 Å². The van der Waals surface area contributed by atoms with Gasteiger partial charge in [0.1, 0.15) is 6.61 Å². The number of nitrogens with zero attached hydrogens (tertiary/aromatic N) is 1. The summed E-state index contributed by atoms with van der Waals surface area (Å²) < 4.78 is 25.2. The Hall–Kier alpha value is -4.76. The Balaban J connectivity index is 2.97. The summed E-state index contributed by atoms with van der Waals surface area (Å²) in [6.45, 7) is 7.75. The molecule has 0 aliphatic heterocycles. The van der Waals surface area contributed by atoms with E-state index in [0.29, 0.717) is 16.4 Å². The zero-order valence-corrected chi connectivity index (χ0v) is 32.2. The molecule has 54 heavy (non-hydrogen) atoms. The van der Waals surface area contributed by atoms with E-state index in [-0.39, 0.29) is 18.3 Å². The first kappa shape index (κ1) is 45.4. The van der Waals surface area contributed by atoms with Gasteiger partial charge in [-0.2, -0.15) is 0 Å². The normalized spacial score (nSPS) is 15.4. The van der Waals surface area contributed by atoms with Gasteiger partial charge in [-0.3, -0.25) is 34.2 Å². The number of likely N-dealkylation sites (N-methyl/N-ethyl adjacent to an activating group) is 1. The fourth-order valence-electron chi connectivity index (χ4n) is 5.98. The maximum atomic E-state index is 15.0. The summed E-state index contributed by atoms with van der Waals surface area (Å²) in [6.07, 6.45) is -4.63. The molecule has 1 unspecified atom stereocenters. The molecule has 0 aliphatic rings. The van der Waals surface area contributed by atoms with Crippen LogP contribution in [-0.2, 0) is 62.0 Å². The number of aliphatic carboxylic acids is 2. The molecule has 0 saturated heterocycles. The number of carboxylic acids is 2. The lowest BCUT2D eigenvalue weighted by atomic mass is 9.74. The summed E-state index contributed by atoms with van der Waals surface area (Å²) >= 11 is 0. The molecule has 2 aromatic rings. The number of carboxylic acid groups (broad SMARTS) is 2. The predicted molar refractivity (Wildman–Crippen MR) is 195 cm³/mol. The van der Waals surface area contributed by atoms with Gasteiger partial charge in [0.2, 0.25) is 10.8 Å². The fourth-order valence-corrected chi connectivity index (χ4v) is 7.90. The van der Waals surface area contributed by atoms with Gasteiger partial charge in [-0.25, -0.2) is 9.36 Å². The first-order valence-electron chi connectivity index (χ1n) is 17.1. The lowest BCUT2D eigenvalue weighted by molar-refractivity contribution is -0.152. The zero-order chi connectivity index (χ0) is 41.1. The topological polar surface area (TPSA) is 257 Å². The van der Waals surface area contributed by atoms with Gasteiger partial charge in [-0.05, 0) is 56.2 Å². The number of Topliss-reactive ketones (excluding diaryl/α,β-unsaturated/α-hetero) is 2. The van der Waals surface area contributed by atoms with Crippen LogP contribution in [-0.4, -0.2) is 91.3 Å². The molecule has 0 fully saturated rings. The Morgan fingerprint density at radius 2 is 1.48 bits per heavy atom. The summed E-state index contributed by atoms with van der Waals surface area (Å²) in [7, 11) is -5.28. The minimum atomic E-state index is -6.12. The van der Waals surface area contributed by atoms with Crippen LogP contribution >= 0.6 is 7.60 Å². The van der Waals surface area contributed by atoms with Gasteiger partial charge in [0, 0.05) is 31.8 Å². The van der Waals surface area contributed by atoms with Gasteiger partial charge in [-0.15, -0.1) is 0 Å². The van der Waals surface area contributed by atoms with E-state index in [9.17, 15) is 48.1 Å². The lowest BCUT2D eigenvalue weighted by Gasteiger charge is -2.52. The van der Waals surface area contributed by atoms with Crippen LogP contribution in [0.3, 0.4) is 0 Å². The number of amides is 1. The molecular weight excluding hydrogens is 725 g/mol. The number of ketones is 2. The van der Waals surface area contributed by atoms with E-state index in [1.54, 1.807) is 18.2 Å². The number of nitrogens with one attached hydrogen (secondary N) is 1. The van der Waals surface area contributed by atoms with E-state index in [1.165, 1.54) is 45.0 Å². The molecule has 0 aliphatic carbocycles. The van der Waals surface area contributed by atoms with Crippen LogP contribution < -0.4 is 11.1 Å². The molecule has 0 saturated carbocycles. The monoisotopic (exact) mass is 775 g/mol. The van der Waals surface area contributed by atoms with Crippen LogP contribution in [0.15, 0.2) is 54.6 Å². The van der Waals surface area contributed by atoms with Crippen molar-refractivity contribution in [1.29, 1.82) is 0 Å². The second-order valence-corrected chi connectivity index (χ2v) is 16.3. The quantitative estimate of drug-likeness (QED) is 0.0689. The van der Waals surface area contributed by atoms with Crippen LogP contribution in [0.5, 0.6) is 0 Å². The number of carbonyl (C=O) groups excluding carboxylic acids is 5. The summed E-state index contributed by atoms with van der Waals surface area (Å²) in [5.74, 6) is -7.10. The summed E-state index contributed by atoms with van der Waals surface area (Å²) in [5.41, 5.74) is 2.72. The zero-order valence-electron chi connectivity index (χ0n) is 31.3. The molecule has 0 bridgehead atoms. The van der Waals surface area contributed by atoms with Crippen molar-refractivity contribution >= 4 is 49.4 Å². The third kappa shape index (κ3) is 11.4. The van der Waals surface area contributed by atoms with Gasteiger partial charge in [-0.1, -0.05) is 68.4 Å². The number of nitrogens with two attached hydrogens (primary N) is 1. The van der Waals surface area contributed by atoms with Crippen LogP contribution in [0.25, 0.3) is 0 Å². The molecule has 2 aromatic carbocycles. The van der Waals surface area contributed by atoms with E-state index in [4.69, 9.17) is 20.1 Å². The molecule has 0 heterocycles. The Morgan fingerprint density at radius 3 is 1.98 bits per heavy atom. The van der Waals surface area contributed by atoms with E-state index in [2.05, 4.69) is 5.32 Å². The molecule has 1 amide bonds. The van der Waals surface area contributed by atoms with Crippen LogP contribution in [0.2, 0.25) is 0 Å². The van der Waals surface area contributed by atoms with Crippen molar-refractivity contribution in [2.75, 3.05) is 7.05 Å². The number of aldehydes is 1. The number of hydrogen-bond donors (Lipinski definition) is 5. The van der Waals surface area contributed by atoms with Gasteiger partial charge < -0.3 is 34.9 Å². The molecule has 0 radical (unpaired) electrons. The number of hydrogen-bond acceptors (Lipinski definition) is 12. The van der Waals surface area contributed by atoms with E-state index in [1.807, 2.05) is 26.0 Å². The van der Waals surface area contributed by atoms with Crippen LogP contribution in [0, 0.1) is 5.92 Å². The van der Waals surface area contributed by atoms with E-state index < -0.39 is 97.9 Å². The minimum absolute atomic E-state index is 0.198. The second-order valence-electron chi connectivity index (χ2n) is 14.4. The molecule has 0 aromatic heterocycles. The van der Waals surface area contributed by atoms with Crippen molar-refractivity contribution in [2.24, 2.45) is 11.7 Å². The van der Waals surface area contributed by atoms with Crippen LogP contribution in [0.4, 0.5) is 4.79 Å². The Morgan fingerprint density at radius 1 is 0.907 bits per heavy atom. The maximum Gasteiger partial charge on any atom is 0.411 e. The summed E-state index contributed by atoms with van der Waals surface area (Å²) in [4.78, 5) is 106. The molecule has 4 atom stereocenters. The third-order valence-corrected chi connectivity index (χ3v) is 10.1. The maximum absolute atomic E-state index is 15.0. The van der Waals surface area contributed by atoms with E-state index >= 15 is 0 Å². The first-order valence-corrected chi connectivity index (χ1v) is 18.7. The molecule has 17 heteroatoms. The molecule has 2 rings (SSSR count). The van der Waals surface area contributed by atoms with Gasteiger partial charge in [0.05, 0.1) is 12.5 Å². The average Bonchev–Trinajstić information content (AvgIpc) is 3.06. The van der Waals surface area contributed by atoms with Gasteiger partial charge in [0.15, 0.2) is 17.9 Å². The second kappa shape index (κ2) is 19.0. The number of rotatable bonds is 21. The van der Waals surface area contributed by atoms with Gasteiger partial charge >= 0.3 is 31.6 Å². The Kier molecular flexibility index (Phi) is 16.0. The highest BCUT2D eigenvalue weighted by atomic mass is 31.2. The Bertz CT molecular complexity index is 1730. The number of carbonyl (C=O) groups is 7. The highest BCUT2D eigenvalue weighted by Crippen LogP contribution is 2.61. The molecule has 296 valence electrons. The smallest absolute Gasteiger partial charge is 0.411 e. The summed E-state index contributed by atoms with van der Waals surface area (Å²) in [6, 6.07) is 12.4. The van der Waals surface area contributed by atoms with Crippen molar-refractivity contribution in [3.8, 4) is 0 Å². The van der Waals surface area contributed by atoms with E-state index in [0.717, 1.165) is 19.0 Å². The van der Waals surface area contributed by atoms with Gasteiger partial charge in [0.25, 0.3) is 0 Å². The Labute approximate surface area is 313 Å². The largest absolute Gasteiger partial charge is 0.481 e. The highest BCUT2D eigenvalue weighted by Gasteiger charge is 2.75. The fraction of sp³-hybridized carbons (Fsp3) is 0.486. The van der Waals surface area contributed by atoms with Crippen molar-refractivity contribution in [3.63, 3.8) is 0 Å². The predicted octanol–water partition coefficient (Wildman–Crippen LogP) is 3.64. The van der Waals surface area contributed by atoms with Crippen molar-refractivity contribution < 1.29 is 62.5 Å². The SMILES string of the molecule is CC(C)Cc1ccc(COC(=O)N(C)[C@@](C(=O)Cc2ccccc2)(C(=O)[C@@H](N)CC(=O)O)[C@@](C=O)(NC(C)(C)C)P(=O)(O)OC(=O)CCCC(=O)O)cc1. The molecule has 0 spiro atoms.